The van der Waals surface area contributed by atoms with Gasteiger partial charge in [-0.3, -0.25) is 4.90 Å². The van der Waals surface area contributed by atoms with Gasteiger partial charge in [0.05, 0.1) is 17.5 Å². The second kappa shape index (κ2) is 9.17. The van der Waals surface area contributed by atoms with Crippen molar-refractivity contribution in [2.75, 3.05) is 26.2 Å². The predicted molar refractivity (Wildman–Crippen MR) is 108 cm³/mol. The summed E-state index contributed by atoms with van der Waals surface area (Å²) in [5, 5.41) is 8.25. The number of benzene rings is 1. The van der Waals surface area contributed by atoms with Gasteiger partial charge in [-0.2, -0.15) is 0 Å². The van der Waals surface area contributed by atoms with Gasteiger partial charge in [0, 0.05) is 32.2 Å². The maximum absolute atomic E-state index is 14.2. The van der Waals surface area contributed by atoms with Crippen molar-refractivity contribution < 1.29 is 17.5 Å². The topological polar surface area (TPSA) is 84.7 Å². The molecule has 0 bridgehead atoms. The van der Waals surface area contributed by atoms with Gasteiger partial charge in [0.2, 0.25) is 10.0 Å². The van der Waals surface area contributed by atoms with Gasteiger partial charge in [-0.1, -0.05) is 12.1 Å². The van der Waals surface area contributed by atoms with Crippen LogP contribution in [0.15, 0.2) is 18.2 Å². The first kappa shape index (κ1) is 21.6. The minimum Gasteiger partial charge on any atom is -0.369 e. The second-order valence-corrected chi connectivity index (χ2v) is 10.1. The average Bonchev–Trinajstić information content (AvgIpc) is 2.63. The zero-order chi connectivity index (χ0) is 20.3. The molecule has 1 aliphatic heterocycles. The number of primary sulfonamides is 1. The Morgan fingerprint density at radius 1 is 1.32 bits per heavy atom. The van der Waals surface area contributed by atoms with Crippen molar-refractivity contribution in [3.63, 3.8) is 0 Å². The smallest absolute Gasteiger partial charge is 0.211 e. The predicted octanol–water partition coefficient (Wildman–Crippen LogP) is 2.09. The van der Waals surface area contributed by atoms with Crippen LogP contribution in [0.1, 0.15) is 49.8 Å². The van der Waals surface area contributed by atoms with E-state index in [1.54, 1.807) is 19.1 Å². The minimum absolute atomic E-state index is 0.0345. The molecule has 1 aromatic rings. The Hall–Kier alpha value is -1.06. The first-order chi connectivity index (χ1) is 13.2. The van der Waals surface area contributed by atoms with Crippen LogP contribution >= 0.6 is 0 Å². The van der Waals surface area contributed by atoms with E-state index in [9.17, 15) is 12.8 Å². The third kappa shape index (κ3) is 5.73. The maximum Gasteiger partial charge on any atom is 0.211 e. The summed E-state index contributed by atoms with van der Waals surface area (Å²) in [6.07, 6.45) is 2.07. The molecule has 0 aromatic heterocycles. The van der Waals surface area contributed by atoms with Crippen LogP contribution in [0.4, 0.5) is 4.39 Å². The van der Waals surface area contributed by atoms with Crippen LogP contribution < -0.4 is 10.5 Å². The summed E-state index contributed by atoms with van der Waals surface area (Å²) in [7, 11) is -3.49. The lowest BCUT2D eigenvalue weighted by Gasteiger charge is -2.36. The minimum atomic E-state index is -3.49. The van der Waals surface area contributed by atoms with E-state index >= 15 is 0 Å². The summed E-state index contributed by atoms with van der Waals surface area (Å²) in [5.74, 6) is -0.224. The molecule has 0 radical (unpaired) electrons. The second-order valence-electron chi connectivity index (χ2n) is 8.24. The third-order valence-electron chi connectivity index (χ3n) is 5.89. The first-order valence-corrected chi connectivity index (χ1v) is 11.7. The van der Waals surface area contributed by atoms with E-state index in [0.717, 1.165) is 25.2 Å². The van der Waals surface area contributed by atoms with Crippen molar-refractivity contribution in [1.82, 2.24) is 10.2 Å². The Balaban J connectivity index is 1.70. The third-order valence-corrected chi connectivity index (χ3v) is 7.29. The quantitative estimate of drug-likeness (QED) is 0.746. The molecule has 8 heteroatoms. The van der Waals surface area contributed by atoms with Gasteiger partial charge in [0.15, 0.2) is 0 Å². The summed E-state index contributed by atoms with van der Waals surface area (Å²) in [6.45, 7) is 7.38. The Kier molecular flexibility index (Phi) is 7.09. The monoisotopic (exact) mass is 413 g/mol. The van der Waals surface area contributed by atoms with E-state index in [2.05, 4.69) is 17.1 Å². The number of nitrogens with zero attached hydrogens (tertiary/aromatic N) is 1. The van der Waals surface area contributed by atoms with E-state index in [0.29, 0.717) is 43.8 Å². The molecule has 2 atom stereocenters. The molecule has 1 saturated carbocycles. The van der Waals surface area contributed by atoms with Gasteiger partial charge < -0.3 is 10.1 Å². The molecule has 2 aliphatic rings. The summed E-state index contributed by atoms with van der Waals surface area (Å²) >= 11 is 0. The van der Waals surface area contributed by atoms with Gasteiger partial charge in [0.25, 0.3) is 0 Å². The number of rotatable bonds is 6. The zero-order valence-corrected chi connectivity index (χ0v) is 17.6. The van der Waals surface area contributed by atoms with E-state index in [1.165, 1.54) is 0 Å². The number of sulfonamides is 1. The van der Waals surface area contributed by atoms with Crippen LogP contribution in [-0.2, 0) is 14.8 Å². The number of hydrogen-bond donors (Lipinski definition) is 2. The van der Waals surface area contributed by atoms with Crippen LogP contribution in [0, 0.1) is 12.7 Å². The molecule has 1 aromatic carbocycles. The standard InChI is InChI=1S/C20H32FN3O3S/c1-14-3-4-16(11-19(14)21)20(13-24-10-9-23-15(2)12-24)27-17-5-7-18(8-6-17)28(22,25)26/h3-4,11,15,17-18,20,23H,5-10,12-13H2,1-2H3,(H2,22,25,26)/t15-,17?,18?,20?/m1/s1. The first-order valence-electron chi connectivity index (χ1n) is 10.1. The molecule has 0 spiro atoms. The highest BCUT2D eigenvalue weighted by Gasteiger charge is 2.31. The van der Waals surface area contributed by atoms with Gasteiger partial charge in [-0.25, -0.2) is 17.9 Å². The van der Waals surface area contributed by atoms with E-state index in [1.807, 2.05) is 6.07 Å². The highest BCUT2D eigenvalue weighted by molar-refractivity contribution is 7.89. The largest absolute Gasteiger partial charge is 0.369 e. The molecule has 3 N–H and O–H groups in total. The molecule has 1 unspecified atom stereocenters. The van der Waals surface area contributed by atoms with Crippen molar-refractivity contribution in [1.29, 1.82) is 0 Å². The fourth-order valence-corrected chi connectivity index (χ4v) is 5.11. The van der Waals surface area contributed by atoms with Gasteiger partial charge >= 0.3 is 0 Å². The number of nitrogens with one attached hydrogen (secondary N) is 1. The van der Waals surface area contributed by atoms with E-state index in [-0.39, 0.29) is 18.0 Å². The number of ether oxygens (including phenoxy) is 1. The average molecular weight is 414 g/mol. The van der Waals surface area contributed by atoms with Crippen LogP contribution in [0.25, 0.3) is 0 Å². The molecule has 158 valence electrons. The van der Waals surface area contributed by atoms with Crippen molar-refractivity contribution in [2.24, 2.45) is 5.14 Å². The van der Waals surface area contributed by atoms with Crippen molar-refractivity contribution >= 4 is 10.0 Å². The van der Waals surface area contributed by atoms with Crippen LogP contribution in [0.5, 0.6) is 0 Å². The molecule has 28 heavy (non-hydrogen) atoms. The highest BCUT2D eigenvalue weighted by atomic mass is 32.2. The van der Waals surface area contributed by atoms with E-state index in [4.69, 9.17) is 9.88 Å². The van der Waals surface area contributed by atoms with Crippen LogP contribution in [-0.4, -0.2) is 56.9 Å². The molecular weight excluding hydrogens is 381 g/mol. The SMILES string of the molecule is Cc1ccc(C(CN2CCN[C@H](C)C2)OC2CCC(S(N)(=O)=O)CC2)cc1F. The Morgan fingerprint density at radius 3 is 2.64 bits per heavy atom. The van der Waals surface area contributed by atoms with Crippen molar-refractivity contribution in [3.05, 3.63) is 35.1 Å². The van der Waals surface area contributed by atoms with Crippen LogP contribution in [0.2, 0.25) is 0 Å². The molecule has 1 aliphatic carbocycles. The molecular formula is C20H32FN3O3S. The van der Waals surface area contributed by atoms with Gasteiger partial charge in [0.1, 0.15) is 5.82 Å². The van der Waals surface area contributed by atoms with E-state index < -0.39 is 15.3 Å². The summed E-state index contributed by atoms with van der Waals surface area (Å²) < 4.78 is 43.8. The molecule has 0 amide bonds. The summed E-state index contributed by atoms with van der Waals surface area (Å²) in [4.78, 5) is 2.35. The van der Waals surface area contributed by atoms with Crippen molar-refractivity contribution in [2.45, 2.75) is 63.0 Å². The van der Waals surface area contributed by atoms with Gasteiger partial charge in [-0.05, 0) is 56.7 Å². The fraction of sp³-hybridized carbons (Fsp3) is 0.700. The molecule has 3 rings (SSSR count). The lowest BCUT2D eigenvalue weighted by atomic mass is 9.96. The molecule has 6 nitrogen and oxygen atoms in total. The fourth-order valence-electron chi connectivity index (χ4n) is 4.18. The number of halogens is 1. The molecule has 1 heterocycles. The normalized spacial score (nSPS) is 28.2. The zero-order valence-electron chi connectivity index (χ0n) is 16.7. The lowest BCUT2D eigenvalue weighted by molar-refractivity contribution is -0.0480. The lowest BCUT2D eigenvalue weighted by Crippen LogP contribution is -2.50. The Labute approximate surface area is 167 Å². The highest BCUT2D eigenvalue weighted by Crippen LogP contribution is 2.30. The van der Waals surface area contributed by atoms with Gasteiger partial charge in [-0.15, -0.1) is 0 Å². The summed E-state index contributed by atoms with van der Waals surface area (Å²) in [5.41, 5.74) is 1.45. The summed E-state index contributed by atoms with van der Waals surface area (Å²) in [6, 6.07) is 5.71. The number of aryl methyl sites for hydroxylation is 1. The number of piperazine rings is 1. The Morgan fingerprint density at radius 2 is 2.04 bits per heavy atom. The van der Waals surface area contributed by atoms with Crippen LogP contribution in [0.3, 0.4) is 0 Å². The number of nitrogens with two attached hydrogens (primary N) is 1. The Bertz CT molecular complexity index is 766. The van der Waals surface area contributed by atoms with Crippen molar-refractivity contribution in [3.8, 4) is 0 Å². The molecule has 1 saturated heterocycles. The number of hydrogen-bond acceptors (Lipinski definition) is 5. The maximum atomic E-state index is 14.2. The molecule has 2 fully saturated rings.